The fraction of sp³-hybridized carbons (Fsp3) is 0.240. The number of halogens is 1. The Morgan fingerprint density at radius 3 is 2.03 bits per heavy atom. The van der Waals surface area contributed by atoms with Crippen LogP contribution in [0.15, 0.2) is 77.7 Å². The predicted molar refractivity (Wildman–Crippen MR) is 125 cm³/mol. The zero-order valence-electron chi connectivity index (χ0n) is 18.2. The van der Waals surface area contributed by atoms with E-state index in [0.29, 0.717) is 25.1 Å². The fourth-order valence-corrected chi connectivity index (χ4v) is 4.64. The maximum atomic E-state index is 13.3. The van der Waals surface area contributed by atoms with Crippen LogP contribution in [-0.2, 0) is 21.2 Å². The molecule has 0 saturated heterocycles. The van der Waals surface area contributed by atoms with Crippen molar-refractivity contribution in [2.24, 2.45) is 0 Å². The lowest BCUT2D eigenvalue weighted by atomic mass is 10.1. The third-order valence-electron chi connectivity index (χ3n) is 5.10. The van der Waals surface area contributed by atoms with Crippen molar-refractivity contribution in [3.05, 3.63) is 95.3 Å². The number of aryl methyl sites for hydroxylation is 3. The summed E-state index contributed by atoms with van der Waals surface area (Å²) >= 11 is 0. The number of rotatable bonds is 9. The Hall–Kier alpha value is -3.19. The van der Waals surface area contributed by atoms with Crippen molar-refractivity contribution in [2.75, 3.05) is 17.4 Å². The highest BCUT2D eigenvalue weighted by Crippen LogP contribution is 2.24. The van der Waals surface area contributed by atoms with Gasteiger partial charge in [0.25, 0.3) is 10.0 Å². The lowest BCUT2D eigenvalue weighted by Crippen LogP contribution is -2.41. The molecule has 3 rings (SSSR count). The summed E-state index contributed by atoms with van der Waals surface area (Å²) in [6.45, 7) is 3.86. The molecule has 0 atom stereocenters. The van der Waals surface area contributed by atoms with Gasteiger partial charge in [0, 0.05) is 6.54 Å². The minimum absolute atomic E-state index is 0.132. The summed E-state index contributed by atoms with van der Waals surface area (Å²) in [5.41, 5.74) is 3.35. The van der Waals surface area contributed by atoms with Crippen LogP contribution >= 0.6 is 0 Å². The normalized spacial score (nSPS) is 11.2. The van der Waals surface area contributed by atoms with E-state index in [0.717, 1.165) is 21.0 Å². The Morgan fingerprint density at radius 1 is 0.875 bits per heavy atom. The highest BCUT2D eigenvalue weighted by Gasteiger charge is 2.27. The van der Waals surface area contributed by atoms with Crippen LogP contribution < -0.4 is 9.62 Å². The van der Waals surface area contributed by atoms with E-state index in [9.17, 15) is 17.6 Å². The average molecular weight is 455 g/mol. The number of carbonyl (C=O) groups excluding carboxylic acids is 1. The molecule has 3 aromatic rings. The van der Waals surface area contributed by atoms with E-state index in [1.807, 2.05) is 26.0 Å². The Morgan fingerprint density at radius 2 is 1.44 bits per heavy atom. The zero-order chi connectivity index (χ0) is 23.1. The number of hydrogen-bond donors (Lipinski definition) is 1. The van der Waals surface area contributed by atoms with E-state index < -0.39 is 10.0 Å². The zero-order valence-corrected chi connectivity index (χ0v) is 19.0. The van der Waals surface area contributed by atoms with Gasteiger partial charge in [-0.2, -0.15) is 0 Å². The molecule has 0 radical (unpaired) electrons. The first kappa shape index (κ1) is 23.5. The monoisotopic (exact) mass is 454 g/mol. The summed E-state index contributed by atoms with van der Waals surface area (Å²) in [4.78, 5) is 12.7. The van der Waals surface area contributed by atoms with Gasteiger partial charge in [0.15, 0.2) is 0 Å². The van der Waals surface area contributed by atoms with Crippen molar-refractivity contribution < 1.29 is 17.6 Å². The van der Waals surface area contributed by atoms with Crippen molar-refractivity contribution in [2.45, 2.75) is 31.6 Å². The van der Waals surface area contributed by atoms with Crippen LogP contribution in [0, 0.1) is 19.7 Å². The van der Waals surface area contributed by atoms with Gasteiger partial charge in [-0.25, -0.2) is 12.8 Å². The minimum Gasteiger partial charge on any atom is -0.355 e. The first-order valence-electron chi connectivity index (χ1n) is 10.4. The summed E-state index contributed by atoms with van der Waals surface area (Å²) in [7, 11) is -3.92. The number of carbonyl (C=O) groups is 1. The SMILES string of the molecule is Cc1ccc(N(CC(=O)NCCCc2ccc(F)cc2)S(=O)(=O)c2ccc(C)cc2)cc1. The Labute approximate surface area is 188 Å². The van der Waals surface area contributed by atoms with Crippen molar-refractivity contribution >= 4 is 21.6 Å². The molecular formula is C25H27FN2O3S. The largest absolute Gasteiger partial charge is 0.355 e. The predicted octanol–water partition coefficient (Wildman–Crippen LogP) is 4.39. The van der Waals surface area contributed by atoms with Crippen LogP contribution in [0.3, 0.4) is 0 Å². The Bertz CT molecular complexity index is 1140. The molecule has 0 aliphatic rings. The van der Waals surface area contributed by atoms with Gasteiger partial charge in [0.2, 0.25) is 5.91 Å². The topological polar surface area (TPSA) is 66.5 Å². The van der Waals surface area contributed by atoms with Gasteiger partial charge in [-0.15, -0.1) is 0 Å². The molecule has 32 heavy (non-hydrogen) atoms. The van der Waals surface area contributed by atoms with Crippen LogP contribution in [0.1, 0.15) is 23.1 Å². The second kappa shape index (κ2) is 10.4. The van der Waals surface area contributed by atoms with Crippen LogP contribution in [0.2, 0.25) is 0 Å². The van der Waals surface area contributed by atoms with Gasteiger partial charge >= 0.3 is 0 Å². The molecule has 0 aliphatic heterocycles. The van der Waals surface area contributed by atoms with Crippen LogP contribution in [0.5, 0.6) is 0 Å². The number of nitrogens with zero attached hydrogens (tertiary/aromatic N) is 1. The van der Waals surface area contributed by atoms with E-state index in [-0.39, 0.29) is 23.2 Å². The number of nitrogens with one attached hydrogen (secondary N) is 1. The summed E-state index contributed by atoms with van der Waals surface area (Å²) < 4.78 is 40.8. The van der Waals surface area contributed by atoms with E-state index in [4.69, 9.17) is 0 Å². The van der Waals surface area contributed by atoms with Gasteiger partial charge in [-0.3, -0.25) is 9.10 Å². The molecule has 0 aliphatic carbocycles. The van der Waals surface area contributed by atoms with Crippen molar-refractivity contribution in [3.8, 4) is 0 Å². The van der Waals surface area contributed by atoms with Crippen LogP contribution in [0.25, 0.3) is 0 Å². The molecule has 0 unspecified atom stereocenters. The van der Waals surface area contributed by atoms with Gasteiger partial charge in [-0.1, -0.05) is 47.5 Å². The Kier molecular flexibility index (Phi) is 7.64. The summed E-state index contributed by atoms with van der Waals surface area (Å²) in [5.74, 6) is -0.673. The highest BCUT2D eigenvalue weighted by molar-refractivity contribution is 7.92. The molecule has 0 aromatic heterocycles. The molecule has 1 N–H and O–H groups in total. The summed E-state index contributed by atoms with van der Waals surface area (Å²) in [6, 6.07) is 19.8. The van der Waals surface area contributed by atoms with E-state index in [1.165, 1.54) is 12.1 Å². The number of hydrogen-bond acceptors (Lipinski definition) is 3. The molecule has 0 heterocycles. The van der Waals surface area contributed by atoms with Gasteiger partial charge in [-0.05, 0) is 68.7 Å². The third-order valence-corrected chi connectivity index (χ3v) is 6.88. The van der Waals surface area contributed by atoms with Crippen molar-refractivity contribution in [1.82, 2.24) is 5.32 Å². The second-order valence-electron chi connectivity index (χ2n) is 7.74. The molecule has 0 bridgehead atoms. The van der Waals surface area contributed by atoms with Crippen LogP contribution in [0.4, 0.5) is 10.1 Å². The van der Waals surface area contributed by atoms with Gasteiger partial charge in [0.05, 0.1) is 10.6 Å². The molecule has 0 saturated carbocycles. The molecular weight excluding hydrogens is 427 g/mol. The molecule has 7 heteroatoms. The number of sulfonamides is 1. The van der Waals surface area contributed by atoms with Crippen molar-refractivity contribution in [1.29, 1.82) is 0 Å². The third kappa shape index (κ3) is 6.17. The maximum Gasteiger partial charge on any atom is 0.264 e. The van der Waals surface area contributed by atoms with E-state index >= 15 is 0 Å². The molecule has 0 fully saturated rings. The summed E-state index contributed by atoms with van der Waals surface area (Å²) in [5, 5.41) is 2.79. The van der Waals surface area contributed by atoms with Crippen molar-refractivity contribution in [3.63, 3.8) is 0 Å². The average Bonchev–Trinajstić information content (AvgIpc) is 2.77. The number of benzene rings is 3. The van der Waals surface area contributed by atoms with E-state index in [2.05, 4.69) is 5.32 Å². The lowest BCUT2D eigenvalue weighted by molar-refractivity contribution is -0.119. The van der Waals surface area contributed by atoms with Crippen LogP contribution in [-0.4, -0.2) is 27.4 Å². The Balaban J connectivity index is 1.69. The number of anilines is 1. The standard InChI is InChI=1S/C25H27FN2O3S/c1-19-5-13-23(14-6-19)28(32(30,31)24-15-7-20(2)8-16-24)18-25(29)27-17-3-4-21-9-11-22(26)12-10-21/h5-16H,3-4,17-18H2,1-2H3,(H,27,29). The van der Waals surface area contributed by atoms with E-state index in [1.54, 1.807) is 48.5 Å². The quantitative estimate of drug-likeness (QED) is 0.488. The summed E-state index contributed by atoms with van der Waals surface area (Å²) in [6.07, 6.45) is 1.34. The lowest BCUT2D eigenvalue weighted by Gasteiger charge is -2.24. The smallest absolute Gasteiger partial charge is 0.264 e. The molecule has 0 spiro atoms. The molecule has 3 aromatic carbocycles. The minimum atomic E-state index is -3.92. The first-order chi connectivity index (χ1) is 15.3. The number of amides is 1. The second-order valence-corrected chi connectivity index (χ2v) is 9.60. The molecule has 1 amide bonds. The fourth-order valence-electron chi connectivity index (χ4n) is 3.22. The van der Waals surface area contributed by atoms with Gasteiger partial charge < -0.3 is 5.32 Å². The maximum absolute atomic E-state index is 13.3. The molecule has 168 valence electrons. The van der Waals surface area contributed by atoms with Gasteiger partial charge in [0.1, 0.15) is 12.4 Å². The highest BCUT2D eigenvalue weighted by atomic mass is 32.2. The molecule has 5 nitrogen and oxygen atoms in total. The first-order valence-corrected chi connectivity index (χ1v) is 11.9.